The Labute approximate surface area is 146 Å². The second-order valence-electron chi connectivity index (χ2n) is 5.73. The average Bonchev–Trinajstić information content (AvgIpc) is 2.60. The van der Waals surface area contributed by atoms with Crippen LogP contribution in [-0.4, -0.2) is 30.4 Å². The van der Waals surface area contributed by atoms with E-state index in [1.54, 1.807) is 19.2 Å². The van der Waals surface area contributed by atoms with E-state index in [4.69, 9.17) is 4.74 Å². The number of carbonyl (C=O) groups excluding carboxylic acids is 2. The van der Waals surface area contributed by atoms with Gasteiger partial charge in [0.2, 0.25) is 0 Å². The van der Waals surface area contributed by atoms with Crippen LogP contribution in [0.15, 0.2) is 54.6 Å². The first-order valence-electron chi connectivity index (χ1n) is 7.84. The smallest absolute Gasteiger partial charge is 0.331 e. The lowest BCUT2D eigenvalue weighted by atomic mass is 10.1. The third kappa shape index (κ3) is 6.22. The molecule has 0 aliphatic carbocycles. The van der Waals surface area contributed by atoms with E-state index in [9.17, 15) is 14.0 Å². The van der Waals surface area contributed by atoms with Gasteiger partial charge >= 0.3 is 5.97 Å². The van der Waals surface area contributed by atoms with Gasteiger partial charge in [-0.15, -0.1) is 0 Å². The molecular formula is C20H20FNO3. The lowest BCUT2D eigenvalue weighted by Gasteiger charge is -2.17. The van der Waals surface area contributed by atoms with Gasteiger partial charge in [-0.25, -0.2) is 9.18 Å². The number of aryl methyl sites for hydroxylation is 1. The van der Waals surface area contributed by atoms with E-state index in [0.29, 0.717) is 12.1 Å². The number of likely N-dealkylation sites (N-methyl/N-ethyl adjacent to an activating group) is 1. The topological polar surface area (TPSA) is 46.6 Å². The van der Waals surface area contributed by atoms with Gasteiger partial charge < -0.3 is 9.64 Å². The van der Waals surface area contributed by atoms with E-state index in [2.05, 4.69) is 0 Å². The quantitative estimate of drug-likeness (QED) is 0.598. The molecule has 0 saturated heterocycles. The van der Waals surface area contributed by atoms with Crippen molar-refractivity contribution in [3.05, 3.63) is 77.1 Å². The second kappa shape index (κ2) is 8.78. The van der Waals surface area contributed by atoms with Gasteiger partial charge in [-0.3, -0.25) is 4.79 Å². The second-order valence-corrected chi connectivity index (χ2v) is 5.73. The van der Waals surface area contributed by atoms with Crippen LogP contribution >= 0.6 is 0 Å². The van der Waals surface area contributed by atoms with E-state index in [-0.39, 0.29) is 18.3 Å². The summed E-state index contributed by atoms with van der Waals surface area (Å²) in [6.45, 7) is 2.10. The summed E-state index contributed by atoms with van der Waals surface area (Å²) in [4.78, 5) is 25.2. The van der Waals surface area contributed by atoms with Crippen molar-refractivity contribution in [3.63, 3.8) is 0 Å². The Morgan fingerprint density at radius 1 is 1.16 bits per heavy atom. The molecule has 0 fully saturated rings. The maximum absolute atomic E-state index is 13.0. The van der Waals surface area contributed by atoms with Gasteiger partial charge in [-0.1, -0.05) is 42.0 Å². The molecule has 25 heavy (non-hydrogen) atoms. The molecule has 0 aromatic heterocycles. The number of benzene rings is 2. The van der Waals surface area contributed by atoms with Crippen LogP contribution in [0.1, 0.15) is 16.7 Å². The van der Waals surface area contributed by atoms with Gasteiger partial charge in [0.15, 0.2) is 6.61 Å². The van der Waals surface area contributed by atoms with E-state index < -0.39 is 5.97 Å². The molecule has 2 aromatic carbocycles. The minimum atomic E-state index is -0.652. The molecular weight excluding hydrogens is 321 g/mol. The number of esters is 1. The molecule has 0 aliphatic rings. The van der Waals surface area contributed by atoms with Gasteiger partial charge in [0.1, 0.15) is 5.82 Å². The monoisotopic (exact) mass is 341 g/mol. The molecule has 4 nitrogen and oxygen atoms in total. The minimum absolute atomic E-state index is 0.298. The molecule has 2 aromatic rings. The Morgan fingerprint density at radius 2 is 1.88 bits per heavy atom. The van der Waals surface area contributed by atoms with Crippen LogP contribution in [0.25, 0.3) is 6.08 Å². The molecule has 5 heteroatoms. The number of amides is 1. The zero-order valence-corrected chi connectivity index (χ0v) is 14.2. The summed E-state index contributed by atoms with van der Waals surface area (Å²) in [6, 6.07) is 13.7. The van der Waals surface area contributed by atoms with Crippen molar-refractivity contribution in [3.8, 4) is 0 Å². The number of ether oxygens (including phenoxy) is 1. The Kier molecular flexibility index (Phi) is 6.46. The fourth-order valence-corrected chi connectivity index (χ4v) is 2.12. The lowest BCUT2D eigenvalue weighted by molar-refractivity contribution is -0.147. The number of halogens is 1. The van der Waals surface area contributed by atoms with Crippen LogP contribution in [0.5, 0.6) is 0 Å². The molecule has 0 N–H and O–H groups in total. The fraction of sp³-hybridized carbons (Fsp3) is 0.200. The Morgan fingerprint density at radius 3 is 2.56 bits per heavy atom. The van der Waals surface area contributed by atoms with Gasteiger partial charge in [-0.05, 0) is 36.3 Å². The summed E-state index contributed by atoms with van der Waals surface area (Å²) in [5.41, 5.74) is 2.69. The van der Waals surface area contributed by atoms with Crippen molar-refractivity contribution >= 4 is 18.0 Å². The molecule has 0 bridgehead atoms. The molecule has 0 aliphatic heterocycles. The zero-order chi connectivity index (χ0) is 18.2. The van der Waals surface area contributed by atoms with Gasteiger partial charge in [0.25, 0.3) is 5.91 Å². The molecule has 0 atom stereocenters. The molecule has 0 spiro atoms. The van der Waals surface area contributed by atoms with Crippen molar-refractivity contribution in [1.29, 1.82) is 0 Å². The van der Waals surface area contributed by atoms with Gasteiger partial charge in [0.05, 0.1) is 0 Å². The maximum atomic E-state index is 13.0. The Balaban J connectivity index is 1.80. The molecule has 0 radical (unpaired) electrons. The van der Waals surface area contributed by atoms with Gasteiger partial charge in [0, 0.05) is 19.7 Å². The summed E-state index contributed by atoms with van der Waals surface area (Å²) in [5, 5.41) is 0. The van der Waals surface area contributed by atoms with Crippen molar-refractivity contribution in [1.82, 2.24) is 4.90 Å². The number of rotatable bonds is 6. The normalized spacial score (nSPS) is 10.7. The Hall–Kier alpha value is -2.95. The van der Waals surface area contributed by atoms with Crippen LogP contribution in [0.2, 0.25) is 0 Å². The standard InChI is InChI=1S/C20H20FNO3/c1-15-6-8-17(9-7-15)13-22(2)19(23)14-25-20(24)11-10-16-4-3-5-18(21)12-16/h3-12H,13-14H2,1-2H3/b11-10+. The SMILES string of the molecule is Cc1ccc(CN(C)C(=O)COC(=O)/C=C/c2cccc(F)c2)cc1. The highest BCUT2D eigenvalue weighted by atomic mass is 19.1. The van der Waals surface area contributed by atoms with E-state index in [1.807, 2.05) is 31.2 Å². The Bertz CT molecular complexity index is 769. The van der Waals surface area contributed by atoms with Crippen molar-refractivity contribution in [2.24, 2.45) is 0 Å². The molecule has 0 saturated carbocycles. The van der Waals surface area contributed by atoms with Crippen molar-refractivity contribution < 1.29 is 18.7 Å². The maximum Gasteiger partial charge on any atom is 0.331 e. The molecule has 130 valence electrons. The number of carbonyl (C=O) groups is 2. The summed E-state index contributed by atoms with van der Waals surface area (Å²) in [6.07, 6.45) is 2.61. The highest BCUT2D eigenvalue weighted by molar-refractivity contribution is 5.89. The predicted octanol–water partition coefficient (Wildman–Crippen LogP) is 3.35. The number of hydrogen-bond donors (Lipinski definition) is 0. The summed E-state index contributed by atoms with van der Waals surface area (Å²) >= 11 is 0. The molecule has 0 unspecified atom stereocenters. The van der Waals surface area contributed by atoms with Crippen molar-refractivity contribution in [2.45, 2.75) is 13.5 Å². The number of hydrogen-bond acceptors (Lipinski definition) is 3. The van der Waals surface area contributed by atoms with E-state index in [1.165, 1.54) is 29.2 Å². The van der Waals surface area contributed by atoms with Crippen LogP contribution in [0.4, 0.5) is 4.39 Å². The van der Waals surface area contributed by atoms with Gasteiger partial charge in [-0.2, -0.15) is 0 Å². The summed E-state index contributed by atoms with van der Waals surface area (Å²) < 4.78 is 18.0. The number of nitrogens with zero attached hydrogens (tertiary/aromatic N) is 1. The largest absolute Gasteiger partial charge is 0.452 e. The average molecular weight is 341 g/mol. The zero-order valence-electron chi connectivity index (χ0n) is 14.2. The van der Waals surface area contributed by atoms with Crippen molar-refractivity contribution in [2.75, 3.05) is 13.7 Å². The van der Waals surface area contributed by atoms with Crippen LogP contribution in [-0.2, 0) is 20.9 Å². The summed E-state index contributed by atoms with van der Waals surface area (Å²) in [5.74, 6) is -1.34. The third-order valence-corrected chi connectivity index (χ3v) is 3.56. The first-order chi connectivity index (χ1) is 11.9. The van der Waals surface area contributed by atoms with Crippen LogP contribution in [0.3, 0.4) is 0 Å². The van der Waals surface area contributed by atoms with Crippen LogP contribution in [0, 0.1) is 12.7 Å². The molecule has 2 rings (SSSR count). The summed E-state index contributed by atoms with van der Waals surface area (Å²) in [7, 11) is 1.65. The van der Waals surface area contributed by atoms with E-state index >= 15 is 0 Å². The van der Waals surface area contributed by atoms with Crippen LogP contribution < -0.4 is 0 Å². The fourth-order valence-electron chi connectivity index (χ4n) is 2.12. The first-order valence-corrected chi connectivity index (χ1v) is 7.84. The first kappa shape index (κ1) is 18.4. The highest BCUT2D eigenvalue weighted by Crippen LogP contribution is 2.07. The molecule has 1 amide bonds. The predicted molar refractivity (Wildman–Crippen MR) is 94.0 cm³/mol. The third-order valence-electron chi connectivity index (χ3n) is 3.56. The lowest BCUT2D eigenvalue weighted by Crippen LogP contribution is -2.30. The van der Waals surface area contributed by atoms with E-state index in [0.717, 1.165) is 11.1 Å². The highest BCUT2D eigenvalue weighted by Gasteiger charge is 2.11. The molecule has 0 heterocycles. The minimum Gasteiger partial charge on any atom is -0.452 e.